The van der Waals surface area contributed by atoms with Crippen molar-refractivity contribution >= 4 is 40.6 Å². The fraction of sp³-hybridized carbons (Fsp3) is 0.292. The number of nitrogens with zero attached hydrogens (tertiary/aromatic N) is 5. The first-order valence-corrected chi connectivity index (χ1v) is 13.4. The second-order valence-electron chi connectivity index (χ2n) is 8.09. The number of nitrogens with one attached hydrogen (secondary N) is 1. The first kappa shape index (κ1) is 23.0. The van der Waals surface area contributed by atoms with Crippen molar-refractivity contribution in [2.45, 2.75) is 49.1 Å². The Morgan fingerprint density at radius 3 is 2.85 bits per heavy atom. The van der Waals surface area contributed by atoms with Crippen LogP contribution in [-0.4, -0.2) is 36.7 Å². The standard InChI is InChI=1S/C24H23ClN6OS2/c25-17-7-4-10-19(12-17)31-22(16-6-5-11-26-13-16)29-30-24(31)34-15-21-28-20(14-33-21)23(32)27-18-8-2-1-3-9-18/h4-7,10-14,18H,1-3,8-9,15H2,(H,27,32). The number of amides is 1. The molecule has 0 saturated heterocycles. The summed E-state index contributed by atoms with van der Waals surface area (Å²) in [6.07, 6.45) is 9.21. The van der Waals surface area contributed by atoms with Gasteiger partial charge in [0.05, 0.1) is 11.4 Å². The molecule has 34 heavy (non-hydrogen) atoms. The number of benzene rings is 1. The Hall–Kier alpha value is -2.75. The Morgan fingerprint density at radius 2 is 2.06 bits per heavy atom. The second-order valence-corrected chi connectivity index (χ2v) is 10.4. The van der Waals surface area contributed by atoms with Gasteiger partial charge in [-0.15, -0.1) is 21.5 Å². The van der Waals surface area contributed by atoms with E-state index >= 15 is 0 Å². The maximum absolute atomic E-state index is 12.6. The van der Waals surface area contributed by atoms with Crippen LogP contribution < -0.4 is 5.32 Å². The molecule has 7 nitrogen and oxygen atoms in total. The molecule has 1 saturated carbocycles. The molecular weight excluding hydrogens is 488 g/mol. The summed E-state index contributed by atoms with van der Waals surface area (Å²) >= 11 is 9.27. The highest BCUT2D eigenvalue weighted by molar-refractivity contribution is 7.98. The van der Waals surface area contributed by atoms with Gasteiger partial charge in [-0.2, -0.15) is 0 Å². The monoisotopic (exact) mass is 510 g/mol. The Morgan fingerprint density at radius 1 is 1.18 bits per heavy atom. The number of rotatable bonds is 7. The predicted molar refractivity (Wildman–Crippen MR) is 136 cm³/mol. The lowest BCUT2D eigenvalue weighted by Crippen LogP contribution is -2.36. The highest BCUT2D eigenvalue weighted by atomic mass is 35.5. The van der Waals surface area contributed by atoms with Crippen molar-refractivity contribution in [1.82, 2.24) is 30.0 Å². The van der Waals surface area contributed by atoms with Gasteiger partial charge in [-0.25, -0.2) is 4.98 Å². The molecule has 3 heterocycles. The van der Waals surface area contributed by atoms with Gasteiger partial charge in [0.1, 0.15) is 10.7 Å². The van der Waals surface area contributed by atoms with Gasteiger partial charge in [-0.3, -0.25) is 14.3 Å². The van der Waals surface area contributed by atoms with E-state index in [1.165, 1.54) is 42.4 Å². The van der Waals surface area contributed by atoms with Crippen LogP contribution in [0.1, 0.15) is 47.6 Å². The number of carbonyl (C=O) groups excluding carboxylic acids is 1. The van der Waals surface area contributed by atoms with Gasteiger partial charge in [0.15, 0.2) is 11.0 Å². The summed E-state index contributed by atoms with van der Waals surface area (Å²) in [5.41, 5.74) is 2.21. The van der Waals surface area contributed by atoms with Crippen LogP contribution in [0.5, 0.6) is 0 Å². The van der Waals surface area contributed by atoms with Crippen LogP contribution in [0.25, 0.3) is 17.1 Å². The summed E-state index contributed by atoms with van der Waals surface area (Å²) in [5, 5.41) is 16.0. The molecule has 1 fully saturated rings. The summed E-state index contributed by atoms with van der Waals surface area (Å²) in [4.78, 5) is 21.4. The smallest absolute Gasteiger partial charge is 0.270 e. The molecule has 0 bridgehead atoms. The van der Waals surface area contributed by atoms with E-state index in [9.17, 15) is 4.79 Å². The van der Waals surface area contributed by atoms with Gasteiger partial charge >= 0.3 is 0 Å². The molecule has 3 aromatic heterocycles. The maximum atomic E-state index is 12.6. The molecule has 0 spiro atoms. The van der Waals surface area contributed by atoms with Crippen LogP contribution in [-0.2, 0) is 5.75 Å². The average molecular weight is 511 g/mol. The molecule has 1 N–H and O–H groups in total. The summed E-state index contributed by atoms with van der Waals surface area (Å²) in [7, 11) is 0. The quantitative estimate of drug-likeness (QED) is 0.316. The molecule has 1 aromatic carbocycles. The van der Waals surface area contributed by atoms with Gasteiger partial charge in [0, 0.05) is 34.4 Å². The van der Waals surface area contributed by atoms with Crippen LogP contribution in [0.4, 0.5) is 0 Å². The predicted octanol–water partition coefficient (Wildman–Crippen LogP) is 5.79. The molecule has 5 rings (SSSR count). The van der Waals surface area contributed by atoms with Crippen molar-refractivity contribution in [2.24, 2.45) is 0 Å². The normalized spacial score (nSPS) is 14.3. The Bertz CT molecular complexity index is 1270. The van der Waals surface area contributed by atoms with E-state index in [4.69, 9.17) is 11.6 Å². The largest absolute Gasteiger partial charge is 0.348 e. The minimum Gasteiger partial charge on any atom is -0.348 e. The molecule has 10 heteroatoms. The highest BCUT2D eigenvalue weighted by Crippen LogP contribution is 2.31. The van der Waals surface area contributed by atoms with Crippen molar-refractivity contribution in [3.8, 4) is 17.1 Å². The third-order valence-corrected chi connectivity index (χ3v) is 7.88. The number of aromatic nitrogens is 5. The summed E-state index contributed by atoms with van der Waals surface area (Å²) in [5.74, 6) is 1.18. The van der Waals surface area contributed by atoms with Crippen molar-refractivity contribution in [2.75, 3.05) is 0 Å². The highest BCUT2D eigenvalue weighted by Gasteiger charge is 2.20. The Labute approximate surface area is 211 Å². The molecule has 0 aliphatic heterocycles. The lowest BCUT2D eigenvalue weighted by molar-refractivity contribution is 0.0923. The van der Waals surface area contributed by atoms with Crippen LogP contribution >= 0.6 is 34.7 Å². The van der Waals surface area contributed by atoms with Crippen LogP contribution in [0.15, 0.2) is 59.3 Å². The van der Waals surface area contributed by atoms with E-state index in [0.717, 1.165) is 29.1 Å². The second kappa shape index (κ2) is 10.7. The number of hydrogen-bond acceptors (Lipinski definition) is 7. The SMILES string of the molecule is O=C(NC1CCCCC1)c1csc(CSc2nnc(-c3cccnc3)n2-c2cccc(Cl)c2)n1. The van der Waals surface area contributed by atoms with Gasteiger partial charge in [-0.1, -0.05) is 48.7 Å². The zero-order valence-electron chi connectivity index (χ0n) is 18.4. The maximum Gasteiger partial charge on any atom is 0.270 e. The Kier molecular flexibility index (Phi) is 7.22. The lowest BCUT2D eigenvalue weighted by atomic mass is 9.95. The molecule has 1 aliphatic carbocycles. The van der Waals surface area contributed by atoms with Crippen LogP contribution in [0.2, 0.25) is 5.02 Å². The third kappa shape index (κ3) is 5.32. The number of halogens is 1. The van der Waals surface area contributed by atoms with E-state index in [1.54, 1.807) is 12.4 Å². The molecule has 0 unspecified atom stereocenters. The third-order valence-electron chi connectivity index (χ3n) is 5.67. The van der Waals surface area contributed by atoms with Gasteiger partial charge in [0.25, 0.3) is 5.91 Å². The summed E-state index contributed by atoms with van der Waals surface area (Å²) < 4.78 is 1.97. The average Bonchev–Trinajstić information content (AvgIpc) is 3.51. The van der Waals surface area contributed by atoms with Crippen LogP contribution in [0.3, 0.4) is 0 Å². The van der Waals surface area contributed by atoms with E-state index < -0.39 is 0 Å². The molecule has 1 aliphatic rings. The summed E-state index contributed by atoms with van der Waals surface area (Å²) in [6.45, 7) is 0. The molecule has 0 atom stereocenters. The fourth-order valence-electron chi connectivity index (χ4n) is 4.01. The number of thioether (sulfide) groups is 1. The molecule has 1 amide bonds. The van der Waals surface area contributed by atoms with Crippen molar-refractivity contribution in [3.63, 3.8) is 0 Å². The topological polar surface area (TPSA) is 85.6 Å². The number of hydrogen-bond donors (Lipinski definition) is 1. The van der Waals surface area contributed by atoms with E-state index in [2.05, 4.69) is 25.5 Å². The van der Waals surface area contributed by atoms with E-state index in [-0.39, 0.29) is 11.9 Å². The molecule has 4 aromatic rings. The summed E-state index contributed by atoms with van der Waals surface area (Å²) in [6, 6.07) is 11.7. The Balaban J connectivity index is 1.34. The molecule has 174 valence electrons. The zero-order chi connectivity index (χ0) is 23.3. The van der Waals surface area contributed by atoms with Gasteiger partial charge < -0.3 is 5.32 Å². The minimum absolute atomic E-state index is 0.0830. The first-order chi connectivity index (χ1) is 16.7. The number of carbonyl (C=O) groups is 1. The molecular formula is C24H23ClN6OS2. The first-order valence-electron chi connectivity index (χ1n) is 11.2. The lowest BCUT2D eigenvalue weighted by Gasteiger charge is -2.22. The molecule has 0 radical (unpaired) electrons. The zero-order valence-corrected chi connectivity index (χ0v) is 20.7. The van der Waals surface area contributed by atoms with E-state index in [0.29, 0.717) is 27.5 Å². The van der Waals surface area contributed by atoms with E-state index in [1.807, 2.05) is 46.3 Å². The van der Waals surface area contributed by atoms with Crippen molar-refractivity contribution < 1.29 is 4.79 Å². The van der Waals surface area contributed by atoms with Crippen molar-refractivity contribution in [1.29, 1.82) is 0 Å². The van der Waals surface area contributed by atoms with Gasteiger partial charge in [-0.05, 0) is 43.2 Å². The minimum atomic E-state index is -0.0830. The van der Waals surface area contributed by atoms with Crippen LogP contribution in [0, 0.1) is 0 Å². The number of thiazole rings is 1. The van der Waals surface area contributed by atoms with Gasteiger partial charge in [0.2, 0.25) is 0 Å². The van der Waals surface area contributed by atoms with Crippen molar-refractivity contribution in [3.05, 3.63) is 69.9 Å². The number of pyridine rings is 1. The fourth-order valence-corrected chi connectivity index (χ4v) is 5.94.